The number of hydrogen-bond acceptors (Lipinski definition) is 5. The number of halogens is 7. The molecule has 1 aliphatic heterocycles. The molecule has 0 bridgehead atoms. The molecule has 0 aliphatic carbocycles. The Morgan fingerprint density at radius 1 is 1.09 bits per heavy atom. The molecule has 0 aromatic heterocycles. The van der Waals surface area contributed by atoms with E-state index < -0.39 is 56.8 Å². The van der Waals surface area contributed by atoms with Crippen LogP contribution in [0.5, 0.6) is 0 Å². The van der Waals surface area contributed by atoms with Gasteiger partial charge in [0.15, 0.2) is 9.84 Å². The van der Waals surface area contributed by atoms with Crippen LogP contribution >= 0.6 is 0 Å². The van der Waals surface area contributed by atoms with Crippen molar-refractivity contribution in [2.24, 2.45) is 0 Å². The van der Waals surface area contributed by atoms with Crippen molar-refractivity contribution < 1.29 is 49.1 Å². The van der Waals surface area contributed by atoms with Crippen LogP contribution in [0, 0.1) is 5.82 Å². The van der Waals surface area contributed by atoms with Gasteiger partial charge < -0.3 is 10.4 Å². The first-order chi connectivity index (χ1) is 15.9. The maximum atomic E-state index is 14.5. The second-order valence-corrected chi connectivity index (χ2v) is 10.0. The van der Waals surface area contributed by atoms with Crippen LogP contribution in [0.1, 0.15) is 29.7 Å². The van der Waals surface area contributed by atoms with Gasteiger partial charge in [-0.05, 0) is 41.9 Å². The van der Waals surface area contributed by atoms with Crippen LogP contribution in [0.15, 0.2) is 41.3 Å². The minimum absolute atomic E-state index is 0.0248. The molecule has 35 heavy (non-hydrogen) atoms. The molecule has 2 aromatic carbocycles. The van der Waals surface area contributed by atoms with Gasteiger partial charge in [-0.3, -0.25) is 9.69 Å². The summed E-state index contributed by atoms with van der Waals surface area (Å²) in [6.45, 7) is 2.19. The third-order valence-electron chi connectivity index (χ3n) is 5.70. The predicted molar refractivity (Wildman–Crippen MR) is 109 cm³/mol. The average Bonchev–Trinajstić information content (AvgIpc) is 3.10. The van der Waals surface area contributed by atoms with Crippen LogP contribution in [-0.2, 0) is 26.8 Å². The Bertz CT molecular complexity index is 1250. The van der Waals surface area contributed by atoms with Crippen molar-refractivity contribution in [3.05, 3.63) is 58.9 Å². The summed E-state index contributed by atoms with van der Waals surface area (Å²) < 4.78 is 116. The number of nitrogens with zero attached hydrogens (tertiary/aromatic N) is 1. The Kier molecular flexibility index (Phi) is 6.72. The number of aliphatic hydroxyl groups is 1. The molecule has 6 nitrogen and oxygen atoms in total. The number of likely N-dealkylation sites (N-methyl/N-ethyl adjacent to an activating group) is 1. The number of nitrogens with one attached hydrogen (secondary N) is 1. The van der Waals surface area contributed by atoms with Gasteiger partial charge in [0, 0.05) is 18.4 Å². The first-order valence-electron chi connectivity index (χ1n) is 9.95. The highest BCUT2D eigenvalue weighted by molar-refractivity contribution is 7.90. The number of anilines is 1. The topological polar surface area (TPSA) is 86.7 Å². The van der Waals surface area contributed by atoms with Crippen molar-refractivity contribution >= 4 is 21.4 Å². The third kappa shape index (κ3) is 4.74. The number of hydrogen-bond donors (Lipinski definition) is 2. The molecule has 1 amide bonds. The largest absolute Gasteiger partial charge is 0.430 e. The minimum Gasteiger partial charge on any atom is -0.369 e. The number of alkyl halides is 6. The third-order valence-corrected chi connectivity index (χ3v) is 6.81. The van der Waals surface area contributed by atoms with E-state index in [0.717, 1.165) is 6.26 Å². The van der Waals surface area contributed by atoms with Crippen molar-refractivity contribution in [3.8, 4) is 0 Å². The molecule has 1 heterocycles. The number of carbonyl (C=O) groups is 1. The van der Waals surface area contributed by atoms with Gasteiger partial charge >= 0.3 is 12.4 Å². The lowest BCUT2D eigenvalue weighted by molar-refractivity contribution is -0.376. The molecule has 0 fully saturated rings. The lowest BCUT2D eigenvalue weighted by Gasteiger charge is -2.32. The fourth-order valence-electron chi connectivity index (χ4n) is 3.86. The molecule has 1 aliphatic rings. The Labute approximate surface area is 195 Å². The van der Waals surface area contributed by atoms with Crippen LogP contribution in [-0.4, -0.2) is 49.5 Å². The van der Waals surface area contributed by atoms with E-state index in [1.807, 2.05) is 0 Å². The molecule has 2 N–H and O–H groups in total. The second kappa shape index (κ2) is 8.75. The molecule has 14 heteroatoms. The van der Waals surface area contributed by atoms with Gasteiger partial charge in [-0.25, -0.2) is 12.8 Å². The smallest absolute Gasteiger partial charge is 0.369 e. The zero-order valence-electron chi connectivity index (χ0n) is 18.1. The highest BCUT2D eigenvalue weighted by atomic mass is 32.2. The van der Waals surface area contributed by atoms with Crippen LogP contribution in [0.25, 0.3) is 0 Å². The fourth-order valence-corrected chi connectivity index (χ4v) is 4.53. The zero-order valence-corrected chi connectivity index (χ0v) is 18.9. The van der Waals surface area contributed by atoms with E-state index in [-0.39, 0.29) is 23.6 Å². The molecule has 0 saturated heterocycles. The summed E-state index contributed by atoms with van der Waals surface area (Å²) in [5.74, 6) is -2.47. The average molecular weight is 528 g/mol. The van der Waals surface area contributed by atoms with Crippen LogP contribution in [0.3, 0.4) is 0 Å². The molecule has 3 rings (SSSR count). The zero-order chi connectivity index (χ0) is 26.6. The maximum absolute atomic E-state index is 14.5. The molecular formula is C21H19F7N2O4S. The lowest BCUT2D eigenvalue weighted by atomic mass is 9.92. The Balaban J connectivity index is 1.94. The number of sulfone groups is 1. The van der Waals surface area contributed by atoms with Gasteiger partial charge in [-0.2, -0.15) is 26.3 Å². The van der Waals surface area contributed by atoms with Crippen molar-refractivity contribution in [2.75, 3.05) is 18.1 Å². The van der Waals surface area contributed by atoms with E-state index in [1.165, 1.54) is 18.2 Å². The number of rotatable bonds is 5. The number of benzene rings is 2. The lowest BCUT2D eigenvalue weighted by Crippen LogP contribution is -2.54. The molecule has 2 aromatic rings. The van der Waals surface area contributed by atoms with Crippen molar-refractivity contribution in [1.29, 1.82) is 0 Å². The Morgan fingerprint density at radius 3 is 2.17 bits per heavy atom. The van der Waals surface area contributed by atoms with Crippen molar-refractivity contribution in [2.45, 2.75) is 42.4 Å². The quantitative estimate of drug-likeness (QED) is 0.572. The highest BCUT2D eigenvalue weighted by Crippen LogP contribution is 2.50. The second-order valence-electron chi connectivity index (χ2n) is 7.99. The van der Waals surface area contributed by atoms with Crippen LogP contribution in [0.4, 0.5) is 36.4 Å². The van der Waals surface area contributed by atoms with Gasteiger partial charge in [-0.15, -0.1) is 0 Å². The summed E-state index contributed by atoms with van der Waals surface area (Å²) in [6.07, 6.45) is -11.4. The molecule has 0 spiro atoms. The minimum atomic E-state index is -6.19. The van der Waals surface area contributed by atoms with E-state index in [0.29, 0.717) is 23.7 Å². The monoisotopic (exact) mass is 528 g/mol. The summed E-state index contributed by atoms with van der Waals surface area (Å²) in [7, 11) is -3.53. The van der Waals surface area contributed by atoms with Gasteiger partial charge in [0.05, 0.1) is 10.6 Å². The molecule has 0 radical (unpaired) electrons. The summed E-state index contributed by atoms with van der Waals surface area (Å²) in [5, 5.41) is 11.6. The first-order valence-corrected chi connectivity index (χ1v) is 11.8. The Morgan fingerprint density at radius 2 is 1.69 bits per heavy atom. The summed E-state index contributed by atoms with van der Waals surface area (Å²) in [5.41, 5.74) is -6.89. The van der Waals surface area contributed by atoms with E-state index >= 15 is 0 Å². The summed E-state index contributed by atoms with van der Waals surface area (Å²) >= 11 is 0. The number of fused-ring (bicyclic) bond motifs is 1. The van der Waals surface area contributed by atoms with E-state index in [4.69, 9.17) is 0 Å². The normalized spacial score (nSPS) is 17.4. The Hall–Kier alpha value is -2.71. The van der Waals surface area contributed by atoms with Crippen LogP contribution in [0.2, 0.25) is 0 Å². The van der Waals surface area contributed by atoms with Gasteiger partial charge in [0.1, 0.15) is 11.9 Å². The van der Waals surface area contributed by atoms with Gasteiger partial charge in [0.25, 0.3) is 5.60 Å². The van der Waals surface area contributed by atoms with Crippen LogP contribution < -0.4 is 5.32 Å². The molecular weight excluding hydrogens is 509 g/mol. The SMILES string of the molecule is CCN1Cc2cc(S(C)(=O)=O)ccc2C1C(=O)Nc1ccc(C(O)(C(F)(F)F)C(F)(F)F)cc1F. The van der Waals surface area contributed by atoms with E-state index in [1.54, 1.807) is 11.8 Å². The summed E-state index contributed by atoms with van der Waals surface area (Å²) in [4.78, 5) is 14.6. The van der Waals surface area contributed by atoms with Crippen molar-refractivity contribution in [1.82, 2.24) is 4.90 Å². The molecule has 0 saturated carbocycles. The van der Waals surface area contributed by atoms with Gasteiger partial charge in [0.2, 0.25) is 5.91 Å². The predicted octanol–water partition coefficient (Wildman–Crippen LogP) is 4.06. The standard InChI is InChI=1S/C21H19F7N2O4S/c1-3-30-10-11-8-13(35(2,33)34)5-6-14(11)17(30)18(31)29-16-7-4-12(9-15(16)22)19(32,20(23,24)25)21(26,27)28/h4-9,17,32H,3,10H2,1-2H3,(H,29,31). The molecule has 1 unspecified atom stereocenters. The van der Waals surface area contributed by atoms with E-state index in [2.05, 4.69) is 5.32 Å². The number of carbonyl (C=O) groups excluding carboxylic acids is 1. The first kappa shape index (κ1) is 26.9. The maximum Gasteiger partial charge on any atom is 0.430 e. The molecule has 192 valence electrons. The number of amides is 1. The highest BCUT2D eigenvalue weighted by Gasteiger charge is 2.71. The molecule has 1 atom stereocenters. The summed E-state index contributed by atoms with van der Waals surface area (Å²) in [6, 6.07) is 3.64. The van der Waals surface area contributed by atoms with Crippen molar-refractivity contribution in [3.63, 3.8) is 0 Å². The van der Waals surface area contributed by atoms with E-state index in [9.17, 15) is 49.1 Å². The van der Waals surface area contributed by atoms with Gasteiger partial charge in [-0.1, -0.05) is 19.1 Å². The fraction of sp³-hybridized carbons (Fsp3) is 0.381.